The van der Waals surface area contributed by atoms with E-state index in [1.54, 1.807) is 0 Å². The van der Waals surface area contributed by atoms with Gasteiger partial charge in [0.25, 0.3) is 0 Å². The lowest BCUT2D eigenvalue weighted by atomic mass is 10.2. The smallest absolute Gasteiger partial charge is 0.235 e. The first kappa shape index (κ1) is 14.7. The molecule has 2 aliphatic heterocycles. The SMILES string of the molecule is CCNC(CN1CCC(N2CCOCC2)C1)C(N)=O. The Labute approximate surface area is 115 Å². The van der Waals surface area contributed by atoms with Gasteiger partial charge in [0, 0.05) is 32.2 Å². The molecule has 2 atom stereocenters. The largest absolute Gasteiger partial charge is 0.379 e. The highest BCUT2D eigenvalue weighted by atomic mass is 16.5. The molecule has 2 heterocycles. The van der Waals surface area contributed by atoms with Crippen molar-refractivity contribution in [3.8, 4) is 0 Å². The lowest BCUT2D eigenvalue weighted by Crippen LogP contribution is -2.50. The van der Waals surface area contributed by atoms with Gasteiger partial charge in [0.1, 0.15) is 0 Å². The number of nitrogens with two attached hydrogens (primary N) is 1. The standard InChI is InChI=1S/C13H26N4O2/c1-2-15-12(13(14)18)10-16-4-3-11(9-16)17-5-7-19-8-6-17/h11-12,15H,2-10H2,1H3,(H2,14,18). The summed E-state index contributed by atoms with van der Waals surface area (Å²) < 4.78 is 5.39. The zero-order valence-electron chi connectivity index (χ0n) is 11.8. The van der Waals surface area contributed by atoms with Gasteiger partial charge in [0.2, 0.25) is 5.91 Å². The number of amides is 1. The van der Waals surface area contributed by atoms with E-state index < -0.39 is 0 Å². The maximum Gasteiger partial charge on any atom is 0.235 e. The number of carbonyl (C=O) groups is 1. The molecule has 3 N–H and O–H groups in total. The van der Waals surface area contributed by atoms with Crippen LogP contribution in [0.3, 0.4) is 0 Å². The number of hydrogen-bond donors (Lipinski definition) is 2. The minimum atomic E-state index is -0.253. The second-order valence-electron chi connectivity index (χ2n) is 5.36. The van der Waals surface area contributed by atoms with Crippen LogP contribution in [0.4, 0.5) is 0 Å². The molecule has 19 heavy (non-hydrogen) atoms. The molecule has 2 saturated heterocycles. The number of likely N-dealkylation sites (N-methyl/N-ethyl adjacent to an activating group) is 1. The quantitative estimate of drug-likeness (QED) is 0.638. The van der Waals surface area contributed by atoms with Gasteiger partial charge in [-0.2, -0.15) is 0 Å². The van der Waals surface area contributed by atoms with Crippen LogP contribution < -0.4 is 11.1 Å². The van der Waals surface area contributed by atoms with Crippen LogP contribution in [0.1, 0.15) is 13.3 Å². The van der Waals surface area contributed by atoms with E-state index in [0.29, 0.717) is 6.04 Å². The summed E-state index contributed by atoms with van der Waals surface area (Å²) in [4.78, 5) is 16.2. The minimum absolute atomic E-state index is 0.228. The molecule has 6 nitrogen and oxygen atoms in total. The lowest BCUT2D eigenvalue weighted by Gasteiger charge is -2.32. The molecule has 0 aliphatic carbocycles. The van der Waals surface area contributed by atoms with Gasteiger partial charge in [-0.15, -0.1) is 0 Å². The molecular formula is C13H26N4O2. The predicted molar refractivity (Wildman–Crippen MR) is 73.9 cm³/mol. The maximum atomic E-state index is 11.4. The number of carbonyl (C=O) groups excluding carboxylic acids is 1. The van der Waals surface area contributed by atoms with Crippen molar-refractivity contribution in [1.82, 2.24) is 15.1 Å². The van der Waals surface area contributed by atoms with Gasteiger partial charge in [0.15, 0.2) is 0 Å². The highest BCUT2D eigenvalue weighted by Gasteiger charge is 2.30. The van der Waals surface area contributed by atoms with Crippen LogP contribution in [-0.4, -0.2) is 80.3 Å². The molecule has 0 bridgehead atoms. The Morgan fingerprint density at radius 1 is 1.42 bits per heavy atom. The minimum Gasteiger partial charge on any atom is -0.379 e. The molecule has 2 aliphatic rings. The fourth-order valence-corrected chi connectivity index (χ4v) is 2.98. The van der Waals surface area contributed by atoms with Crippen LogP contribution in [0.2, 0.25) is 0 Å². The molecule has 0 radical (unpaired) electrons. The molecular weight excluding hydrogens is 244 g/mol. The Morgan fingerprint density at radius 2 is 2.16 bits per heavy atom. The maximum absolute atomic E-state index is 11.4. The summed E-state index contributed by atoms with van der Waals surface area (Å²) in [6.07, 6.45) is 1.18. The first-order valence-corrected chi connectivity index (χ1v) is 7.27. The molecule has 0 spiro atoms. The molecule has 110 valence electrons. The molecule has 6 heteroatoms. The van der Waals surface area contributed by atoms with Crippen LogP contribution >= 0.6 is 0 Å². The van der Waals surface area contributed by atoms with Crippen molar-refractivity contribution < 1.29 is 9.53 Å². The zero-order valence-corrected chi connectivity index (χ0v) is 11.8. The van der Waals surface area contributed by atoms with E-state index >= 15 is 0 Å². The van der Waals surface area contributed by atoms with Gasteiger partial charge in [-0.3, -0.25) is 14.6 Å². The molecule has 2 unspecified atom stereocenters. The molecule has 0 aromatic carbocycles. The van der Waals surface area contributed by atoms with E-state index in [2.05, 4.69) is 15.1 Å². The number of morpholine rings is 1. The molecule has 0 aromatic heterocycles. The zero-order chi connectivity index (χ0) is 13.7. The highest BCUT2D eigenvalue weighted by Crippen LogP contribution is 2.17. The van der Waals surface area contributed by atoms with E-state index in [-0.39, 0.29) is 11.9 Å². The number of likely N-dealkylation sites (tertiary alicyclic amines) is 1. The van der Waals surface area contributed by atoms with Crippen LogP contribution in [0.5, 0.6) is 0 Å². The van der Waals surface area contributed by atoms with Crippen molar-refractivity contribution in [1.29, 1.82) is 0 Å². The van der Waals surface area contributed by atoms with Crippen molar-refractivity contribution in [2.75, 3.05) is 52.5 Å². The monoisotopic (exact) mass is 270 g/mol. The van der Waals surface area contributed by atoms with Crippen LogP contribution in [0.15, 0.2) is 0 Å². The predicted octanol–water partition coefficient (Wildman–Crippen LogP) is -1.14. The summed E-state index contributed by atoms with van der Waals surface area (Å²) in [5.41, 5.74) is 5.42. The summed E-state index contributed by atoms with van der Waals surface area (Å²) in [5.74, 6) is -0.253. The van der Waals surface area contributed by atoms with Crippen LogP contribution in [-0.2, 0) is 9.53 Å². The Bertz CT molecular complexity index is 294. The third kappa shape index (κ3) is 4.14. The normalized spacial score (nSPS) is 27.5. The number of ether oxygens (including phenoxy) is 1. The fourth-order valence-electron chi connectivity index (χ4n) is 2.98. The second-order valence-corrected chi connectivity index (χ2v) is 5.36. The van der Waals surface area contributed by atoms with Crippen LogP contribution in [0, 0.1) is 0 Å². The number of nitrogens with zero attached hydrogens (tertiary/aromatic N) is 2. The first-order valence-electron chi connectivity index (χ1n) is 7.27. The number of primary amides is 1. The van der Waals surface area contributed by atoms with E-state index in [0.717, 1.165) is 52.5 Å². The van der Waals surface area contributed by atoms with Gasteiger partial charge >= 0.3 is 0 Å². The Morgan fingerprint density at radius 3 is 2.79 bits per heavy atom. The van der Waals surface area contributed by atoms with E-state index in [4.69, 9.17) is 10.5 Å². The topological polar surface area (TPSA) is 70.8 Å². The number of nitrogens with one attached hydrogen (secondary N) is 1. The molecule has 2 rings (SSSR count). The van der Waals surface area contributed by atoms with Gasteiger partial charge < -0.3 is 15.8 Å². The Balaban J connectivity index is 1.78. The Kier molecular flexibility index (Phi) is 5.57. The highest BCUT2D eigenvalue weighted by molar-refractivity contribution is 5.80. The summed E-state index contributed by atoms with van der Waals surface area (Å²) >= 11 is 0. The summed E-state index contributed by atoms with van der Waals surface area (Å²) in [6.45, 7) is 9.34. The second kappa shape index (κ2) is 7.19. The summed E-state index contributed by atoms with van der Waals surface area (Å²) in [6, 6.07) is 0.382. The number of hydrogen-bond acceptors (Lipinski definition) is 5. The van der Waals surface area contributed by atoms with Gasteiger partial charge in [-0.25, -0.2) is 0 Å². The lowest BCUT2D eigenvalue weighted by molar-refractivity contribution is -0.120. The molecule has 2 fully saturated rings. The first-order chi connectivity index (χ1) is 9.20. The van der Waals surface area contributed by atoms with Crippen molar-refractivity contribution in [3.05, 3.63) is 0 Å². The van der Waals surface area contributed by atoms with Gasteiger partial charge in [-0.1, -0.05) is 6.92 Å². The van der Waals surface area contributed by atoms with Crippen molar-refractivity contribution in [2.24, 2.45) is 5.73 Å². The van der Waals surface area contributed by atoms with Crippen LogP contribution in [0.25, 0.3) is 0 Å². The van der Waals surface area contributed by atoms with Crippen molar-refractivity contribution in [2.45, 2.75) is 25.4 Å². The third-order valence-corrected chi connectivity index (χ3v) is 4.04. The number of rotatable bonds is 6. The van der Waals surface area contributed by atoms with Crippen molar-refractivity contribution in [3.63, 3.8) is 0 Å². The van der Waals surface area contributed by atoms with E-state index in [1.165, 1.54) is 6.42 Å². The third-order valence-electron chi connectivity index (χ3n) is 4.04. The average Bonchev–Trinajstić information content (AvgIpc) is 2.88. The van der Waals surface area contributed by atoms with E-state index in [1.807, 2.05) is 6.92 Å². The summed E-state index contributed by atoms with van der Waals surface area (Å²) in [5, 5.41) is 3.15. The Hall–Kier alpha value is -0.690. The molecule has 0 aromatic rings. The van der Waals surface area contributed by atoms with Gasteiger partial charge in [-0.05, 0) is 19.5 Å². The van der Waals surface area contributed by atoms with E-state index in [9.17, 15) is 4.79 Å². The van der Waals surface area contributed by atoms with Crippen molar-refractivity contribution >= 4 is 5.91 Å². The summed E-state index contributed by atoms with van der Waals surface area (Å²) in [7, 11) is 0. The average molecular weight is 270 g/mol. The molecule has 1 amide bonds. The fraction of sp³-hybridized carbons (Fsp3) is 0.923. The van der Waals surface area contributed by atoms with Gasteiger partial charge in [0.05, 0.1) is 19.3 Å². The molecule has 0 saturated carbocycles.